The standard InChI is InChI=1S/C24H43N11O9/c25-9-6-10(26)20(19(40)16(9)37)44-22-15(28)18(39)17(38)12(43-22)7-32-21(41)11(2-1-4-31-23(29)30)33-14(36)8-35-5-3-13(27)34-24(35)42/h3,5,9-12,15-20,22,37-40H,1-2,4,6-8,25-26,28H2,(H,32,41)(H,33,36)(H2,27,34,42)(H4,29,30,31)/t9-,10+,11+,12-,15-,16+,17-,18-,19-,20-,22-/m1/s1. The molecule has 20 heteroatoms. The molecule has 1 aromatic rings. The smallest absolute Gasteiger partial charge is 0.349 e. The first-order valence-electron chi connectivity index (χ1n) is 13.9. The number of nitrogens with zero attached hydrogens (tertiary/aromatic N) is 3. The van der Waals surface area contributed by atoms with E-state index in [0.717, 1.165) is 4.57 Å². The number of aliphatic imine (C=N–C) groups is 1. The number of amides is 2. The highest BCUT2D eigenvalue weighted by Crippen LogP contribution is 2.27. The highest BCUT2D eigenvalue weighted by molar-refractivity contribution is 5.87. The van der Waals surface area contributed by atoms with Crippen molar-refractivity contribution in [1.82, 2.24) is 20.2 Å². The van der Waals surface area contributed by atoms with E-state index >= 15 is 0 Å². The van der Waals surface area contributed by atoms with Crippen molar-refractivity contribution in [2.24, 2.45) is 33.7 Å². The van der Waals surface area contributed by atoms with Gasteiger partial charge >= 0.3 is 5.69 Å². The van der Waals surface area contributed by atoms with Gasteiger partial charge in [0.25, 0.3) is 0 Å². The molecule has 18 N–H and O–H groups in total. The summed E-state index contributed by atoms with van der Waals surface area (Å²) in [5.41, 5.74) is 33.2. The van der Waals surface area contributed by atoms with E-state index in [9.17, 15) is 34.8 Å². The van der Waals surface area contributed by atoms with Gasteiger partial charge < -0.3 is 74.9 Å². The number of anilines is 1. The van der Waals surface area contributed by atoms with Crippen LogP contribution in [0.5, 0.6) is 0 Å². The van der Waals surface area contributed by atoms with E-state index in [1.165, 1.54) is 12.3 Å². The molecule has 1 aromatic heterocycles. The maximum atomic E-state index is 13.2. The van der Waals surface area contributed by atoms with Crippen LogP contribution in [0.2, 0.25) is 0 Å². The van der Waals surface area contributed by atoms with Crippen LogP contribution in [0.25, 0.3) is 0 Å². The molecule has 20 nitrogen and oxygen atoms in total. The van der Waals surface area contributed by atoms with E-state index in [1.54, 1.807) is 0 Å². The van der Waals surface area contributed by atoms with E-state index in [-0.39, 0.29) is 44.1 Å². The van der Waals surface area contributed by atoms with Gasteiger partial charge in [-0.15, -0.1) is 0 Å². The number of aromatic nitrogens is 2. The van der Waals surface area contributed by atoms with Gasteiger partial charge in [-0.05, 0) is 25.3 Å². The molecule has 0 unspecified atom stereocenters. The number of nitrogens with one attached hydrogen (secondary N) is 2. The SMILES string of the molecule is NC(N)=NCCC[C@H](NC(=O)Cn1ccc(N)nc1=O)C(=O)NC[C@H]1O[C@H](O[C@H]2[C@H](O)[C@@H](O)[C@H](N)C[C@@H]2N)[C@H](N)[C@@H](O)[C@@H]1O. The maximum absolute atomic E-state index is 13.2. The minimum absolute atomic E-state index is 0.0194. The second-order valence-corrected chi connectivity index (χ2v) is 10.8. The average molecular weight is 630 g/mol. The Kier molecular flexibility index (Phi) is 12.3. The zero-order valence-corrected chi connectivity index (χ0v) is 23.9. The van der Waals surface area contributed by atoms with E-state index < -0.39 is 91.1 Å². The van der Waals surface area contributed by atoms with Crippen LogP contribution in [0.15, 0.2) is 22.1 Å². The summed E-state index contributed by atoms with van der Waals surface area (Å²) in [6.07, 6.45) is -7.98. The fourth-order valence-corrected chi connectivity index (χ4v) is 4.92. The molecule has 2 heterocycles. The predicted molar refractivity (Wildman–Crippen MR) is 154 cm³/mol. The normalized spacial score (nSPS) is 32.8. The fourth-order valence-electron chi connectivity index (χ4n) is 4.92. The van der Waals surface area contributed by atoms with Crippen molar-refractivity contribution in [3.63, 3.8) is 0 Å². The Labute approximate surface area is 251 Å². The van der Waals surface area contributed by atoms with Crippen LogP contribution in [0, 0.1) is 0 Å². The summed E-state index contributed by atoms with van der Waals surface area (Å²) in [6, 6.07) is -2.66. The molecule has 0 aromatic carbocycles. The van der Waals surface area contributed by atoms with Crippen LogP contribution in [-0.4, -0.2) is 128 Å². The van der Waals surface area contributed by atoms with Crippen LogP contribution < -0.4 is 50.7 Å². The molecule has 1 saturated carbocycles. The average Bonchev–Trinajstić information content (AvgIpc) is 2.96. The molecule has 0 spiro atoms. The number of hydrogen-bond donors (Lipinski definition) is 12. The first kappa shape index (κ1) is 35.0. The second kappa shape index (κ2) is 15.5. The molecule has 2 aliphatic rings. The number of guanidine groups is 1. The zero-order valence-electron chi connectivity index (χ0n) is 23.9. The third-order valence-corrected chi connectivity index (χ3v) is 7.42. The van der Waals surface area contributed by atoms with Gasteiger partial charge in [0.2, 0.25) is 11.8 Å². The molecule has 1 aliphatic carbocycles. The van der Waals surface area contributed by atoms with Crippen LogP contribution in [0.3, 0.4) is 0 Å². The Hall–Kier alpha value is -3.47. The number of ether oxygens (including phenoxy) is 2. The van der Waals surface area contributed by atoms with Crippen LogP contribution in [0.4, 0.5) is 5.82 Å². The molecule has 0 radical (unpaired) electrons. The maximum Gasteiger partial charge on any atom is 0.349 e. The topological polar surface area (TPSA) is 361 Å². The van der Waals surface area contributed by atoms with E-state index in [4.69, 9.17) is 43.9 Å². The minimum atomic E-state index is -1.57. The van der Waals surface area contributed by atoms with Gasteiger partial charge in [0, 0.05) is 31.4 Å². The number of nitrogens with two attached hydrogens (primary N) is 6. The number of carbonyl (C=O) groups excluding carboxylic acids is 2. The van der Waals surface area contributed by atoms with Gasteiger partial charge in [-0.1, -0.05) is 0 Å². The molecule has 248 valence electrons. The first-order chi connectivity index (χ1) is 20.7. The summed E-state index contributed by atoms with van der Waals surface area (Å²) < 4.78 is 12.5. The van der Waals surface area contributed by atoms with Gasteiger partial charge in [0.1, 0.15) is 48.9 Å². The molecular formula is C24H43N11O9. The van der Waals surface area contributed by atoms with Crippen LogP contribution in [-0.2, 0) is 25.6 Å². The van der Waals surface area contributed by atoms with E-state index in [2.05, 4.69) is 20.6 Å². The first-order valence-corrected chi connectivity index (χ1v) is 13.9. The lowest BCUT2D eigenvalue weighted by molar-refractivity contribution is -0.288. The molecule has 1 aliphatic heterocycles. The number of aliphatic hydroxyl groups excluding tert-OH is 4. The predicted octanol–water partition coefficient (Wildman–Crippen LogP) is -7.58. The summed E-state index contributed by atoms with van der Waals surface area (Å²) in [5.74, 6) is -1.55. The number of carbonyl (C=O) groups is 2. The summed E-state index contributed by atoms with van der Waals surface area (Å²) >= 11 is 0. The second-order valence-electron chi connectivity index (χ2n) is 10.8. The molecule has 11 atom stereocenters. The summed E-state index contributed by atoms with van der Waals surface area (Å²) in [6.45, 7) is -0.657. The Balaban J connectivity index is 1.66. The van der Waals surface area contributed by atoms with E-state index in [0.29, 0.717) is 0 Å². The van der Waals surface area contributed by atoms with Crippen molar-refractivity contribution < 1.29 is 39.5 Å². The summed E-state index contributed by atoms with van der Waals surface area (Å²) in [4.78, 5) is 45.3. The summed E-state index contributed by atoms with van der Waals surface area (Å²) in [5, 5.41) is 46.8. The molecule has 2 amide bonds. The van der Waals surface area contributed by atoms with E-state index in [1.807, 2.05) is 0 Å². The van der Waals surface area contributed by atoms with Crippen molar-refractivity contribution in [3.05, 3.63) is 22.7 Å². The van der Waals surface area contributed by atoms with Crippen molar-refractivity contribution in [2.45, 2.75) is 92.9 Å². The lowest BCUT2D eigenvalue weighted by Gasteiger charge is -2.46. The summed E-state index contributed by atoms with van der Waals surface area (Å²) in [7, 11) is 0. The largest absolute Gasteiger partial charge is 0.389 e. The Morgan fingerprint density at radius 1 is 1.11 bits per heavy atom. The van der Waals surface area contributed by atoms with Gasteiger partial charge in [-0.3, -0.25) is 19.1 Å². The Morgan fingerprint density at radius 2 is 1.82 bits per heavy atom. The molecule has 3 rings (SSSR count). The number of hydrogen-bond acceptors (Lipinski definition) is 15. The van der Waals surface area contributed by atoms with Crippen LogP contribution in [0.1, 0.15) is 19.3 Å². The lowest BCUT2D eigenvalue weighted by atomic mass is 9.84. The van der Waals surface area contributed by atoms with Gasteiger partial charge in [-0.25, -0.2) is 4.79 Å². The highest BCUT2D eigenvalue weighted by atomic mass is 16.7. The third-order valence-electron chi connectivity index (χ3n) is 7.42. The van der Waals surface area contributed by atoms with Crippen molar-refractivity contribution >= 4 is 23.6 Å². The lowest BCUT2D eigenvalue weighted by Crippen LogP contribution is -2.67. The highest BCUT2D eigenvalue weighted by Gasteiger charge is 2.48. The van der Waals surface area contributed by atoms with Crippen molar-refractivity contribution in [1.29, 1.82) is 0 Å². The molecule has 2 fully saturated rings. The quantitative estimate of drug-likeness (QED) is 0.0580. The van der Waals surface area contributed by atoms with Crippen LogP contribution >= 0.6 is 0 Å². The number of rotatable bonds is 12. The third kappa shape index (κ3) is 9.03. The molecule has 44 heavy (non-hydrogen) atoms. The van der Waals surface area contributed by atoms with Gasteiger partial charge in [-0.2, -0.15) is 4.98 Å². The Morgan fingerprint density at radius 3 is 2.48 bits per heavy atom. The van der Waals surface area contributed by atoms with Crippen molar-refractivity contribution in [2.75, 3.05) is 18.8 Å². The molecule has 0 bridgehead atoms. The Bertz CT molecular complexity index is 1220. The monoisotopic (exact) mass is 629 g/mol. The number of nitrogen functional groups attached to an aromatic ring is 1. The molecule has 1 saturated heterocycles. The van der Waals surface area contributed by atoms with Crippen molar-refractivity contribution in [3.8, 4) is 0 Å². The van der Waals surface area contributed by atoms with Gasteiger partial charge in [0.15, 0.2) is 12.2 Å². The number of aliphatic hydroxyl groups is 4. The fraction of sp³-hybridized carbons (Fsp3) is 0.708. The minimum Gasteiger partial charge on any atom is -0.389 e. The zero-order chi connectivity index (χ0) is 32.7. The molecular weight excluding hydrogens is 586 g/mol. The van der Waals surface area contributed by atoms with Gasteiger partial charge in [0.05, 0.1) is 12.1 Å².